The van der Waals surface area contributed by atoms with E-state index in [0.29, 0.717) is 0 Å². The molecule has 0 radical (unpaired) electrons. The second-order valence-corrected chi connectivity index (χ2v) is 4.00. The molecule has 14 heavy (non-hydrogen) atoms. The largest absolute Gasteiger partial charge is 0.497 e. The summed E-state index contributed by atoms with van der Waals surface area (Å²) >= 11 is 0. The Kier molecular flexibility index (Phi) is 2.44. The molecule has 0 atom stereocenters. The average Bonchev–Trinajstić information content (AvgIpc) is 2.18. The van der Waals surface area contributed by atoms with E-state index in [-0.39, 0.29) is 12.1 Å². The van der Waals surface area contributed by atoms with Crippen molar-refractivity contribution in [3.8, 4) is 5.75 Å². The number of benzene rings is 1. The molecule has 1 aliphatic carbocycles. The molecule has 1 aromatic carbocycles. The first-order valence-electron chi connectivity index (χ1n) is 5.01. The Labute approximate surface area is 83.9 Å². The van der Waals surface area contributed by atoms with Crippen molar-refractivity contribution >= 4 is 0 Å². The Bertz CT molecular complexity index is 312. The summed E-state index contributed by atoms with van der Waals surface area (Å²) in [5, 5.41) is 0. The summed E-state index contributed by atoms with van der Waals surface area (Å²) in [5.41, 5.74) is 0.889. The lowest BCUT2D eigenvalue weighted by Gasteiger charge is -2.40. The van der Waals surface area contributed by atoms with Crippen molar-refractivity contribution < 1.29 is 9.13 Å². The lowest BCUT2D eigenvalue weighted by molar-refractivity contribution is 0.184. The molecule has 76 valence electrons. The molecule has 1 fully saturated rings. The highest BCUT2D eigenvalue weighted by molar-refractivity contribution is 5.35. The molecule has 1 aromatic rings. The number of hydrogen-bond donors (Lipinski definition) is 0. The van der Waals surface area contributed by atoms with Gasteiger partial charge >= 0.3 is 0 Å². The van der Waals surface area contributed by atoms with Crippen LogP contribution in [0.3, 0.4) is 0 Å². The number of methoxy groups -OCH3 is 1. The number of alkyl halides is 1. The first-order chi connectivity index (χ1) is 6.80. The third-order valence-corrected chi connectivity index (χ3v) is 3.25. The summed E-state index contributed by atoms with van der Waals surface area (Å²) in [5.74, 6) is 0.822. The molecule has 1 saturated carbocycles. The molecule has 1 nitrogen and oxygen atoms in total. The van der Waals surface area contributed by atoms with Crippen LogP contribution in [0.2, 0.25) is 0 Å². The van der Waals surface area contributed by atoms with Crippen molar-refractivity contribution in [1.29, 1.82) is 0 Å². The maximum atomic E-state index is 13.0. The molecule has 2 heteroatoms. The van der Waals surface area contributed by atoms with Crippen LogP contribution in [0.25, 0.3) is 0 Å². The molecule has 1 aliphatic rings. The van der Waals surface area contributed by atoms with E-state index >= 15 is 0 Å². The lowest BCUT2D eigenvalue weighted by atomic mass is 9.65. The molecule has 0 spiro atoms. The van der Waals surface area contributed by atoms with Crippen LogP contribution in [-0.4, -0.2) is 13.8 Å². The van der Waals surface area contributed by atoms with Gasteiger partial charge in [-0.25, -0.2) is 0 Å². The molecule has 0 bridgehead atoms. The molecule has 0 unspecified atom stereocenters. The number of ether oxygens (including phenoxy) is 1. The highest BCUT2D eigenvalue weighted by Crippen LogP contribution is 2.44. The Morgan fingerprint density at radius 2 is 2.21 bits per heavy atom. The minimum absolute atomic E-state index is 0.200. The van der Waals surface area contributed by atoms with E-state index in [0.717, 1.165) is 30.6 Å². The van der Waals surface area contributed by atoms with Gasteiger partial charge in [0.15, 0.2) is 0 Å². The van der Waals surface area contributed by atoms with Crippen LogP contribution in [0, 0.1) is 0 Å². The highest BCUT2D eigenvalue weighted by Gasteiger charge is 2.38. The normalized spacial score (nSPS) is 18.7. The second-order valence-electron chi connectivity index (χ2n) is 4.00. The van der Waals surface area contributed by atoms with Gasteiger partial charge in [0.1, 0.15) is 5.75 Å². The van der Waals surface area contributed by atoms with Crippen LogP contribution in [-0.2, 0) is 5.41 Å². The predicted octanol–water partition coefficient (Wildman–Crippen LogP) is 3.09. The quantitative estimate of drug-likeness (QED) is 0.718. The zero-order valence-corrected chi connectivity index (χ0v) is 8.42. The fourth-order valence-corrected chi connectivity index (χ4v) is 2.06. The van der Waals surface area contributed by atoms with E-state index in [4.69, 9.17) is 4.74 Å². The van der Waals surface area contributed by atoms with Gasteiger partial charge in [0, 0.05) is 5.41 Å². The zero-order valence-electron chi connectivity index (χ0n) is 8.42. The first kappa shape index (κ1) is 9.50. The molecule has 0 heterocycles. The lowest BCUT2D eigenvalue weighted by Crippen LogP contribution is -2.36. The summed E-state index contributed by atoms with van der Waals surface area (Å²) in [6.07, 6.45) is 3.08. The molecular formula is C12H15FO. The van der Waals surface area contributed by atoms with E-state index in [1.54, 1.807) is 7.11 Å². The van der Waals surface area contributed by atoms with Gasteiger partial charge in [-0.05, 0) is 30.5 Å². The summed E-state index contributed by atoms with van der Waals surface area (Å²) < 4.78 is 18.1. The molecule has 0 saturated heterocycles. The maximum absolute atomic E-state index is 13.0. The van der Waals surface area contributed by atoms with Gasteiger partial charge in [-0.1, -0.05) is 18.6 Å². The molecular weight excluding hydrogens is 179 g/mol. The van der Waals surface area contributed by atoms with Gasteiger partial charge in [-0.2, -0.15) is 0 Å². The summed E-state index contributed by atoms with van der Waals surface area (Å²) in [4.78, 5) is 0. The summed E-state index contributed by atoms with van der Waals surface area (Å²) in [7, 11) is 1.64. The summed E-state index contributed by atoms with van der Waals surface area (Å²) in [6, 6.07) is 7.79. The first-order valence-corrected chi connectivity index (χ1v) is 5.01. The van der Waals surface area contributed by atoms with E-state index in [2.05, 4.69) is 0 Å². The van der Waals surface area contributed by atoms with Gasteiger partial charge in [0.25, 0.3) is 0 Å². The molecule has 0 aliphatic heterocycles. The topological polar surface area (TPSA) is 9.23 Å². The van der Waals surface area contributed by atoms with Gasteiger partial charge < -0.3 is 4.74 Å². The fourth-order valence-electron chi connectivity index (χ4n) is 2.06. The van der Waals surface area contributed by atoms with Crippen LogP contribution in [0.4, 0.5) is 4.39 Å². The predicted molar refractivity (Wildman–Crippen MR) is 54.5 cm³/mol. The minimum atomic E-state index is -0.250. The van der Waals surface area contributed by atoms with Gasteiger partial charge in [0.05, 0.1) is 13.8 Å². The number of halogens is 1. The Balaban J connectivity index is 2.30. The van der Waals surface area contributed by atoms with Crippen molar-refractivity contribution in [1.82, 2.24) is 0 Å². The molecule has 0 amide bonds. The standard InChI is InChI=1S/C12H15FO/c1-14-11-5-2-4-10(8-11)12(9-13)6-3-7-12/h2,4-5,8H,3,6-7,9H2,1H3. The molecule has 0 N–H and O–H groups in total. The Morgan fingerprint density at radius 3 is 2.71 bits per heavy atom. The van der Waals surface area contributed by atoms with Gasteiger partial charge in [-0.3, -0.25) is 4.39 Å². The second kappa shape index (κ2) is 3.60. The van der Waals surface area contributed by atoms with Crippen LogP contribution in [0.5, 0.6) is 5.75 Å². The number of rotatable bonds is 3. The number of hydrogen-bond acceptors (Lipinski definition) is 1. The van der Waals surface area contributed by atoms with Crippen molar-refractivity contribution in [3.05, 3.63) is 29.8 Å². The third-order valence-electron chi connectivity index (χ3n) is 3.25. The SMILES string of the molecule is COc1cccc(C2(CF)CCC2)c1. The van der Waals surface area contributed by atoms with Crippen molar-refractivity contribution in [2.75, 3.05) is 13.8 Å². The Morgan fingerprint density at radius 1 is 1.43 bits per heavy atom. The molecule has 0 aromatic heterocycles. The van der Waals surface area contributed by atoms with E-state index in [1.165, 1.54) is 0 Å². The highest BCUT2D eigenvalue weighted by atomic mass is 19.1. The maximum Gasteiger partial charge on any atom is 0.119 e. The van der Waals surface area contributed by atoms with E-state index < -0.39 is 0 Å². The van der Waals surface area contributed by atoms with Crippen LogP contribution in [0.1, 0.15) is 24.8 Å². The van der Waals surface area contributed by atoms with Crippen molar-refractivity contribution in [3.63, 3.8) is 0 Å². The van der Waals surface area contributed by atoms with Crippen molar-refractivity contribution in [2.24, 2.45) is 0 Å². The van der Waals surface area contributed by atoms with Crippen LogP contribution in [0.15, 0.2) is 24.3 Å². The van der Waals surface area contributed by atoms with Crippen molar-refractivity contribution in [2.45, 2.75) is 24.7 Å². The van der Waals surface area contributed by atoms with E-state index in [1.807, 2.05) is 24.3 Å². The summed E-state index contributed by atoms with van der Waals surface area (Å²) in [6.45, 7) is -0.250. The average molecular weight is 194 g/mol. The minimum Gasteiger partial charge on any atom is -0.497 e. The fraction of sp³-hybridized carbons (Fsp3) is 0.500. The van der Waals surface area contributed by atoms with Gasteiger partial charge in [0.2, 0.25) is 0 Å². The molecule has 2 rings (SSSR count). The van der Waals surface area contributed by atoms with Crippen LogP contribution < -0.4 is 4.74 Å². The third kappa shape index (κ3) is 1.39. The Hall–Kier alpha value is -1.05. The van der Waals surface area contributed by atoms with Crippen LogP contribution >= 0.6 is 0 Å². The smallest absolute Gasteiger partial charge is 0.119 e. The van der Waals surface area contributed by atoms with Gasteiger partial charge in [-0.15, -0.1) is 0 Å². The zero-order chi connectivity index (χ0) is 10.0. The van der Waals surface area contributed by atoms with E-state index in [9.17, 15) is 4.39 Å². The monoisotopic (exact) mass is 194 g/mol.